The van der Waals surface area contributed by atoms with Gasteiger partial charge in [-0.1, -0.05) is 59.1 Å². The highest BCUT2D eigenvalue weighted by atomic mass is 19.4. The average Bonchev–Trinajstić information content (AvgIpc) is 0.949. The van der Waals surface area contributed by atoms with Gasteiger partial charge in [-0.2, -0.15) is 26.3 Å². The van der Waals surface area contributed by atoms with Crippen LogP contribution in [0.25, 0.3) is 0 Å². The van der Waals surface area contributed by atoms with Gasteiger partial charge in [0.25, 0.3) is 0 Å². The summed E-state index contributed by atoms with van der Waals surface area (Å²) in [6, 6.07) is -7.74. The number of hydrogen-bond acceptors (Lipinski definition) is 14. The monoisotopic (exact) mass is 1530 g/mol. The number of benzene rings is 2. The third-order valence-corrected chi connectivity index (χ3v) is 22.3. The zero-order valence-electron chi connectivity index (χ0n) is 62.9. The molecule has 12 amide bonds. The molecular weight excluding hydrogens is 1430 g/mol. The van der Waals surface area contributed by atoms with Crippen molar-refractivity contribution >= 4 is 70.9 Å². The van der Waals surface area contributed by atoms with Crippen LogP contribution in [0.2, 0.25) is 0 Å². The quantitative estimate of drug-likeness (QED) is 0.228. The molecular formula is C74H102F8N12O14. The van der Waals surface area contributed by atoms with E-state index in [1.54, 1.807) is 27.7 Å². The molecule has 26 nitrogen and oxygen atoms in total. The van der Waals surface area contributed by atoms with Crippen molar-refractivity contribution < 1.29 is 103 Å². The lowest BCUT2D eigenvalue weighted by atomic mass is 9.74. The SMILES string of the molecule is CC[C@H](C)[C@@H]1NC(=O)[C@H](CC(C)C)N(C)C(=O)C[C@@H](C(=O)N2CCOCC2)N(C)C(=O)[C@H](C2CCCC2)N(C)C(=O)C2(CCC2)NC(=O)C2[C@H](O)CCN2C(=O)[C@H](CCc2cc(F)c(C(F)(F)F)c(F)c2)NC(=O)CN(C)C(=O)[C@H](Cc2ccc(C(F)(F)F)cc2)N2CCCC[C@@H](C2=O)N(C)C(=O)CN(C)C1=O. The van der Waals surface area contributed by atoms with E-state index in [4.69, 9.17) is 4.74 Å². The largest absolute Gasteiger partial charge is 0.422 e. The number of nitrogens with one attached hydrogen (secondary N) is 3. The number of alkyl halides is 6. The Bertz CT molecular complexity index is 3620. The Morgan fingerprint density at radius 3 is 1.81 bits per heavy atom. The van der Waals surface area contributed by atoms with Crippen LogP contribution in [-0.4, -0.2) is 275 Å². The highest BCUT2D eigenvalue weighted by Gasteiger charge is 2.54. The van der Waals surface area contributed by atoms with Gasteiger partial charge in [-0.25, -0.2) is 8.78 Å². The van der Waals surface area contributed by atoms with Crippen LogP contribution in [0.15, 0.2) is 36.4 Å². The first-order valence-corrected chi connectivity index (χ1v) is 37.0. The van der Waals surface area contributed by atoms with E-state index in [1.807, 2.05) is 0 Å². The van der Waals surface area contributed by atoms with Crippen LogP contribution in [0, 0.1) is 29.4 Å². The minimum atomic E-state index is -5.47. The van der Waals surface area contributed by atoms with Crippen molar-refractivity contribution in [1.29, 1.82) is 0 Å². The van der Waals surface area contributed by atoms with Gasteiger partial charge in [-0.15, -0.1) is 0 Å². The summed E-state index contributed by atoms with van der Waals surface area (Å²) in [5.74, 6) is -15.8. The standard InChI is InChI=1S/C74H102F8N12O14/c1-11-43(4)60-69(105)87(6)41-58(98)88(7)51-19-14-15-29-93(68(51)104)54(38-44-20-23-47(24-21-44)73(77,78)79)66(102)86(5)40-56(96)83-50(25-22-45-36-48(75)59(49(76)37-45)74(80,81)82)65(101)94-30-26-55(95)62(94)64(100)85-72(27-16-28-72)71(107)91(10)61(46-17-12-13-18-46)70(106)90(9)53(67(103)92-31-33-108-34-32-92)39-57(97)89(8)52(35-42(2)3)63(99)84-60/h20-21,23-24,36-37,42-43,46,50-55,60-62,95H,11-19,22,25-35,38-41H2,1-10H3,(H,83,96)(H,84,99)(H,85,100)/t43-,50-,51-,52-,53-,54-,55+,60-,61-,62?/m0/s1. The number of aryl methyl sites for hydroxylation is 1. The number of hydrogen-bond donors (Lipinski definition) is 4. The van der Waals surface area contributed by atoms with E-state index in [0.29, 0.717) is 50.7 Å². The lowest BCUT2D eigenvalue weighted by molar-refractivity contribution is -0.159. The van der Waals surface area contributed by atoms with E-state index in [-0.39, 0.29) is 89.3 Å². The molecule has 2 aliphatic carbocycles. The number of carbonyl (C=O) groups excluding carboxylic acids is 12. The third-order valence-electron chi connectivity index (χ3n) is 22.3. The summed E-state index contributed by atoms with van der Waals surface area (Å²) in [4.78, 5) is 191. The molecule has 1 unspecified atom stereocenters. The van der Waals surface area contributed by atoms with E-state index in [0.717, 1.165) is 65.6 Å². The molecule has 108 heavy (non-hydrogen) atoms. The van der Waals surface area contributed by atoms with Gasteiger partial charge >= 0.3 is 12.4 Å². The van der Waals surface area contributed by atoms with Crippen LogP contribution in [0.1, 0.15) is 146 Å². The second-order valence-electron chi connectivity index (χ2n) is 30.2. The number of rotatable bonds is 11. The molecule has 2 aromatic carbocycles. The van der Waals surface area contributed by atoms with Crippen molar-refractivity contribution in [1.82, 2.24) is 60.0 Å². The van der Waals surface area contributed by atoms with E-state index < -0.39 is 229 Å². The van der Waals surface area contributed by atoms with Crippen LogP contribution in [0.5, 0.6) is 0 Å². The minimum absolute atomic E-state index is 0.00742. The molecule has 4 aliphatic heterocycles. The Balaban J connectivity index is 1.21. The molecule has 4 N–H and O–H groups in total. The van der Waals surface area contributed by atoms with Gasteiger partial charge in [0.05, 0.1) is 44.4 Å². The van der Waals surface area contributed by atoms with Crippen LogP contribution >= 0.6 is 0 Å². The average molecular weight is 1540 g/mol. The minimum Gasteiger partial charge on any atom is -0.390 e. The number of amides is 12. The lowest BCUT2D eigenvalue weighted by Crippen LogP contribution is -2.69. The molecule has 4 saturated heterocycles. The molecule has 2 aromatic rings. The lowest BCUT2D eigenvalue weighted by Gasteiger charge is -2.47. The maximum Gasteiger partial charge on any atom is 0.422 e. The number of halogens is 8. The molecule has 6 fully saturated rings. The summed E-state index contributed by atoms with van der Waals surface area (Å²) < 4.78 is 119. The second-order valence-corrected chi connectivity index (χ2v) is 30.2. The highest BCUT2D eigenvalue weighted by Crippen LogP contribution is 2.40. The number of fused-ring (bicyclic) bond motifs is 3. The first-order valence-electron chi connectivity index (χ1n) is 37.0. The topological polar surface area (TPSA) is 300 Å². The maximum atomic E-state index is 15.6. The third kappa shape index (κ3) is 19.7. The van der Waals surface area contributed by atoms with Gasteiger partial charge < -0.3 is 69.9 Å². The van der Waals surface area contributed by atoms with Gasteiger partial charge in [0, 0.05) is 74.9 Å². The molecule has 0 radical (unpaired) electrons. The van der Waals surface area contributed by atoms with Crippen molar-refractivity contribution in [3.05, 3.63) is 70.3 Å². The molecule has 4 heterocycles. The smallest absolute Gasteiger partial charge is 0.390 e. The maximum absolute atomic E-state index is 15.6. The van der Waals surface area contributed by atoms with Gasteiger partial charge in [0.15, 0.2) is 0 Å². The number of carbonyl (C=O) groups is 12. The second kappa shape index (κ2) is 35.9. The first-order chi connectivity index (χ1) is 50.7. The number of aliphatic hydroxyl groups excluding tert-OH is 1. The summed E-state index contributed by atoms with van der Waals surface area (Å²) in [5, 5.41) is 19.8. The van der Waals surface area contributed by atoms with Crippen molar-refractivity contribution in [2.45, 2.75) is 209 Å². The fraction of sp³-hybridized carbons (Fsp3) is 0.676. The predicted molar refractivity (Wildman–Crippen MR) is 373 cm³/mol. The Morgan fingerprint density at radius 2 is 1.23 bits per heavy atom. The zero-order chi connectivity index (χ0) is 79.8. The number of ether oxygens (including phenoxy) is 1. The molecule has 2 saturated carbocycles. The molecule has 34 heteroatoms. The van der Waals surface area contributed by atoms with Crippen molar-refractivity contribution in [3.63, 3.8) is 0 Å². The molecule has 0 aromatic heterocycles. The number of aliphatic hydroxyl groups is 1. The molecule has 6 aliphatic rings. The fourth-order valence-corrected chi connectivity index (χ4v) is 15.5. The zero-order valence-corrected chi connectivity index (χ0v) is 62.9. The highest BCUT2D eigenvalue weighted by molar-refractivity contribution is 6.01. The first kappa shape index (κ1) is 85.1. The summed E-state index contributed by atoms with van der Waals surface area (Å²) in [6.45, 7) is 5.27. The number of nitrogens with zero attached hydrogens (tertiary/aromatic N) is 9. The van der Waals surface area contributed by atoms with Crippen LogP contribution in [0.4, 0.5) is 35.1 Å². The van der Waals surface area contributed by atoms with Crippen LogP contribution < -0.4 is 16.0 Å². The van der Waals surface area contributed by atoms with Gasteiger partial charge in [-0.05, 0) is 130 Å². The van der Waals surface area contributed by atoms with E-state index in [2.05, 4.69) is 16.0 Å². The Kier molecular flexibility index (Phi) is 28.2. The summed E-state index contributed by atoms with van der Waals surface area (Å²) >= 11 is 0. The van der Waals surface area contributed by atoms with Crippen LogP contribution in [0.3, 0.4) is 0 Å². The number of likely N-dealkylation sites (N-methyl/N-ethyl adjacent to an activating group) is 6. The van der Waals surface area contributed by atoms with Crippen LogP contribution in [-0.2, 0) is 87.5 Å². The summed E-state index contributed by atoms with van der Waals surface area (Å²) in [5.41, 5.74) is -5.37. The Hall–Kier alpha value is -8.56. The van der Waals surface area contributed by atoms with E-state index >= 15 is 47.1 Å². The van der Waals surface area contributed by atoms with Crippen molar-refractivity contribution in [2.75, 3.05) is 94.8 Å². The molecule has 2 bridgehead atoms. The van der Waals surface area contributed by atoms with Crippen molar-refractivity contribution in [3.8, 4) is 0 Å². The number of morpholine rings is 1. The Morgan fingerprint density at radius 1 is 0.620 bits per heavy atom. The van der Waals surface area contributed by atoms with E-state index in [9.17, 15) is 50.6 Å². The molecule has 598 valence electrons. The molecule has 10 atom stereocenters. The summed E-state index contributed by atoms with van der Waals surface area (Å²) in [7, 11) is 7.80. The molecule has 1 spiro atoms. The van der Waals surface area contributed by atoms with Gasteiger partial charge in [-0.3, -0.25) is 57.5 Å². The summed E-state index contributed by atoms with van der Waals surface area (Å²) in [6.07, 6.45) is -11.4. The normalized spacial score (nSPS) is 26.7. The van der Waals surface area contributed by atoms with Crippen molar-refractivity contribution in [2.24, 2.45) is 17.8 Å². The van der Waals surface area contributed by atoms with Gasteiger partial charge in [0.2, 0.25) is 70.9 Å². The molecule has 8 rings (SSSR count). The van der Waals surface area contributed by atoms with E-state index in [1.165, 1.54) is 45.0 Å². The fourth-order valence-electron chi connectivity index (χ4n) is 15.5. The van der Waals surface area contributed by atoms with Gasteiger partial charge in [0.1, 0.15) is 71.1 Å². The Labute approximate surface area is 623 Å². The predicted octanol–water partition coefficient (Wildman–Crippen LogP) is 4.30.